The van der Waals surface area contributed by atoms with Crippen LogP contribution >= 0.6 is 0 Å². The van der Waals surface area contributed by atoms with Crippen molar-refractivity contribution < 1.29 is 0 Å². The Balaban J connectivity index is 1.72. The Morgan fingerprint density at radius 1 is 1.00 bits per heavy atom. The standard InChI is InChI=1S/C18H20N6/c1-2-13-5-7-15(8-6-13)24-18-16(19)17(22-12-23-18)21-11-14-4-3-9-20-10-14/h3-10,12H,2,11,19H2,1H3,(H2,21,22,23,24). The van der Waals surface area contributed by atoms with Gasteiger partial charge in [0.1, 0.15) is 12.0 Å². The van der Waals surface area contributed by atoms with E-state index in [2.05, 4.69) is 44.6 Å². The lowest BCUT2D eigenvalue weighted by molar-refractivity contribution is 1.07. The fraction of sp³-hybridized carbons (Fsp3) is 0.167. The molecule has 0 bridgehead atoms. The molecule has 6 heteroatoms. The Hall–Kier alpha value is -3.15. The second-order valence-corrected chi connectivity index (χ2v) is 5.37. The zero-order valence-corrected chi connectivity index (χ0v) is 13.5. The lowest BCUT2D eigenvalue weighted by atomic mass is 10.1. The fourth-order valence-electron chi connectivity index (χ4n) is 2.29. The number of aromatic nitrogens is 3. The minimum atomic E-state index is 0.487. The van der Waals surface area contributed by atoms with Crippen molar-refractivity contribution in [3.63, 3.8) is 0 Å². The second-order valence-electron chi connectivity index (χ2n) is 5.37. The predicted molar refractivity (Wildman–Crippen MR) is 97.1 cm³/mol. The highest BCUT2D eigenvalue weighted by Crippen LogP contribution is 2.26. The van der Waals surface area contributed by atoms with Crippen LogP contribution in [0.15, 0.2) is 55.1 Å². The molecule has 2 heterocycles. The quantitative estimate of drug-likeness (QED) is 0.645. The van der Waals surface area contributed by atoms with E-state index in [0.717, 1.165) is 17.7 Å². The summed E-state index contributed by atoms with van der Waals surface area (Å²) in [5, 5.41) is 6.45. The minimum Gasteiger partial charge on any atom is -0.393 e. The first-order valence-corrected chi connectivity index (χ1v) is 7.85. The number of benzene rings is 1. The molecule has 0 amide bonds. The molecule has 0 aliphatic heterocycles. The summed E-state index contributed by atoms with van der Waals surface area (Å²) in [5.41, 5.74) is 9.96. The van der Waals surface area contributed by atoms with Crippen LogP contribution < -0.4 is 16.4 Å². The van der Waals surface area contributed by atoms with Crippen molar-refractivity contribution in [2.75, 3.05) is 16.4 Å². The molecular weight excluding hydrogens is 300 g/mol. The molecule has 0 aliphatic rings. The highest BCUT2D eigenvalue weighted by atomic mass is 15.1. The summed E-state index contributed by atoms with van der Waals surface area (Å²) < 4.78 is 0. The summed E-state index contributed by atoms with van der Waals surface area (Å²) >= 11 is 0. The monoisotopic (exact) mass is 320 g/mol. The van der Waals surface area contributed by atoms with Gasteiger partial charge in [-0.3, -0.25) is 4.98 Å². The molecule has 0 radical (unpaired) electrons. The average Bonchev–Trinajstić information content (AvgIpc) is 2.64. The van der Waals surface area contributed by atoms with Crippen LogP contribution in [-0.4, -0.2) is 15.0 Å². The number of nitrogen functional groups attached to an aromatic ring is 1. The highest BCUT2D eigenvalue weighted by Gasteiger charge is 2.08. The third-order valence-corrected chi connectivity index (χ3v) is 3.69. The summed E-state index contributed by atoms with van der Waals surface area (Å²) in [7, 11) is 0. The number of nitrogens with zero attached hydrogens (tertiary/aromatic N) is 3. The van der Waals surface area contributed by atoms with Crippen molar-refractivity contribution in [1.82, 2.24) is 15.0 Å². The number of nitrogens with two attached hydrogens (primary N) is 1. The van der Waals surface area contributed by atoms with Crippen molar-refractivity contribution >= 4 is 23.0 Å². The van der Waals surface area contributed by atoms with Gasteiger partial charge in [-0.25, -0.2) is 9.97 Å². The van der Waals surface area contributed by atoms with Crippen molar-refractivity contribution in [3.05, 3.63) is 66.2 Å². The molecule has 0 saturated carbocycles. The van der Waals surface area contributed by atoms with E-state index >= 15 is 0 Å². The molecule has 0 spiro atoms. The van der Waals surface area contributed by atoms with Gasteiger partial charge in [-0.15, -0.1) is 0 Å². The Morgan fingerprint density at radius 3 is 2.50 bits per heavy atom. The molecule has 6 nitrogen and oxygen atoms in total. The summed E-state index contributed by atoms with van der Waals surface area (Å²) in [6.07, 6.45) is 6.05. The van der Waals surface area contributed by atoms with Crippen LogP contribution in [-0.2, 0) is 13.0 Å². The van der Waals surface area contributed by atoms with Crippen molar-refractivity contribution in [3.8, 4) is 0 Å². The lowest BCUT2D eigenvalue weighted by Gasteiger charge is -2.12. The fourth-order valence-corrected chi connectivity index (χ4v) is 2.29. The number of rotatable bonds is 6. The van der Waals surface area contributed by atoms with Crippen molar-refractivity contribution in [2.24, 2.45) is 0 Å². The number of pyridine rings is 1. The van der Waals surface area contributed by atoms with Crippen molar-refractivity contribution in [1.29, 1.82) is 0 Å². The number of nitrogens with one attached hydrogen (secondary N) is 2. The predicted octanol–water partition coefficient (Wildman–Crippen LogP) is 3.37. The zero-order valence-electron chi connectivity index (χ0n) is 13.5. The molecule has 3 aromatic rings. The van der Waals surface area contributed by atoms with E-state index in [-0.39, 0.29) is 0 Å². The van der Waals surface area contributed by atoms with Gasteiger partial charge in [-0.05, 0) is 35.7 Å². The SMILES string of the molecule is CCc1ccc(Nc2ncnc(NCc3cccnc3)c2N)cc1. The smallest absolute Gasteiger partial charge is 0.159 e. The number of aryl methyl sites for hydroxylation is 1. The molecule has 2 aromatic heterocycles. The van der Waals surface area contributed by atoms with Crippen molar-refractivity contribution in [2.45, 2.75) is 19.9 Å². The Labute approximate surface area is 141 Å². The van der Waals surface area contributed by atoms with Crippen LogP contribution in [0.2, 0.25) is 0 Å². The molecule has 0 fully saturated rings. The maximum atomic E-state index is 6.19. The topological polar surface area (TPSA) is 88.8 Å². The van der Waals surface area contributed by atoms with Crippen LogP contribution in [0, 0.1) is 0 Å². The molecule has 1 aromatic carbocycles. The third kappa shape index (κ3) is 3.78. The van der Waals surface area contributed by atoms with E-state index in [1.54, 1.807) is 12.4 Å². The molecular formula is C18H20N6. The maximum Gasteiger partial charge on any atom is 0.159 e. The first-order chi connectivity index (χ1) is 11.8. The van der Waals surface area contributed by atoms with Crippen LogP contribution in [0.4, 0.5) is 23.0 Å². The summed E-state index contributed by atoms with van der Waals surface area (Å²) in [6.45, 7) is 2.73. The average molecular weight is 320 g/mol. The molecule has 4 N–H and O–H groups in total. The largest absolute Gasteiger partial charge is 0.393 e. The van der Waals surface area contributed by atoms with Gasteiger partial charge < -0.3 is 16.4 Å². The molecule has 0 aliphatic carbocycles. The number of anilines is 4. The molecule has 0 saturated heterocycles. The van der Waals surface area contributed by atoms with Gasteiger partial charge in [0, 0.05) is 24.6 Å². The van der Waals surface area contributed by atoms with E-state index in [1.807, 2.05) is 24.3 Å². The van der Waals surface area contributed by atoms with Crippen LogP contribution in [0.25, 0.3) is 0 Å². The van der Waals surface area contributed by atoms with E-state index < -0.39 is 0 Å². The normalized spacial score (nSPS) is 10.4. The molecule has 0 unspecified atom stereocenters. The third-order valence-electron chi connectivity index (χ3n) is 3.69. The van der Waals surface area contributed by atoms with Crippen LogP contribution in [0.3, 0.4) is 0 Å². The van der Waals surface area contributed by atoms with Gasteiger partial charge in [0.25, 0.3) is 0 Å². The minimum absolute atomic E-state index is 0.487. The highest BCUT2D eigenvalue weighted by molar-refractivity contribution is 5.77. The molecule has 0 atom stereocenters. The van der Waals surface area contributed by atoms with E-state index in [0.29, 0.717) is 23.9 Å². The second kappa shape index (κ2) is 7.41. The van der Waals surface area contributed by atoms with Crippen LogP contribution in [0.1, 0.15) is 18.1 Å². The van der Waals surface area contributed by atoms with Gasteiger partial charge in [0.2, 0.25) is 0 Å². The van der Waals surface area contributed by atoms with E-state index in [4.69, 9.17) is 5.73 Å². The zero-order chi connectivity index (χ0) is 16.8. The summed E-state index contributed by atoms with van der Waals surface area (Å²) in [6, 6.07) is 12.1. The summed E-state index contributed by atoms with van der Waals surface area (Å²) in [5.74, 6) is 1.18. The van der Waals surface area contributed by atoms with Gasteiger partial charge >= 0.3 is 0 Å². The Kier molecular flexibility index (Phi) is 4.86. The van der Waals surface area contributed by atoms with Gasteiger partial charge in [-0.2, -0.15) is 0 Å². The lowest BCUT2D eigenvalue weighted by Crippen LogP contribution is -2.08. The van der Waals surface area contributed by atoms with Gasteiger partial charge in [0.15, 0.2) is 11.6 Å². The molecule has 122 valence electrons. The van der Waals surface area contributed by atoms with Crippen LogP contribution in [0.5, 0.6) is 0 Å². The molecule has 3 rings (SSSR count). The Morgan fingerprint density at radius 2 is 1.79 bits per heavy atom. The number of hydrogen-bond donors (Lipinski definition) is 3. The summed E-state index contributed by atoms with van der Waals surface area (Å²) in [4.78, 5) is 12.5. The molecule has 24 heavy (non-hydrogen) atoms. The first-order valence-electron chi connectivity index (χ1n) is 7.85. The Bertz CT molecular complexity index is 786. The van der Waals surface area contributed by atoms with E-state index in [9.17, 15) is 0 Å². The maximum absolute atomic E-state index is 6.19. The van der Waals surface area contributed by atoms with E-state index in [1.165, 1.54) is 11.9 Å². The number of hydrogen-bond acceptors (Lipinski definition) is 6. The van der Waals surface area contributed by atoms with Gasteiger partial charge in [0.05, 0.1) is 0 Å². The first kappa shape index (κ1) is 15.7. The van der Waals surface area contributed by atoms with Gasteiger partial charge in [-0.1, -0.05) is 25.1 Å².